The maximum absolute atomic E-state index is 12.5. The van der Waals surface area contributed by atoms with E-state index in [0.717, 1.165) is 44.9 Å². The molecule has 2 unspecified atom stereocenters. The molecule has 0 aliphatic carbocycles. The molecule has 65 heavy (non-hydrogen) atoms. The van der Waals surface area contributed by atoms with E-state index in [1.165, 1.54) is 238 Å². The number of amides is 1. The summed E-state index contributed by atoms with van der Waals surface area (Å²) in [5.74, 6) is -0.0770. The summed E-state index contributed by atoms with van der Waals surface area (Å²) in [6, 6.07) is -0.649. The van der Waals surface area contributed by atoms with Crippen molar-refractivity contribution in [3.8, 4) is 0 Å². The van der Waals surface area contributed by atoms with Gasteiger partial charge >= 0.3 is 0 Å². The summed E-state index contributed by atoms with van der Waals surface area (Å²) in [5.41, 5.74) is 0. The molecule has 0 aliphatic heterocycles. The molecule has 0 saturated carbocycles. The zero-order valence-corrected chi connectivity index (χ0v) is 43.8. The van der Waals surface area contributed by atoms with Crippen molar-refractivity contribution in [3.05, 3.63) is 60.8 Å². The Morgan fingerprint density at radius 3 is 0.985 bits per heavy atom. The number of hydrogen-bond donors (Lipinski definition) is 3. The Morgan fingerprint density at radius 2 is 0.646 bits per heavy atom. The predicted molar refractivity (Wildman–Crippen MR) is 290 cm³/mol. The lowest BCUT2D eigenvalue weighted by Gasteiger charge is -2.19. The van der Waals surface area contributed by atoms with E-state index in [4.69, 9.17) is 0 Å². The van der Waals surface area contributed by atoms with Crippen molar-refractivity contribution >= 4 is 5.91 Å². The fourth-order valence-corrected chi connectivity index (χ4v) is 8.77. The van der Waals surface area contributed by atoms with E-state index >= 15 is 0 Å². The maximum Gasteiger partial charge on any atom is 0.220 e. The number of aliphatic hydroxyl groups excluding tert-OH is 2. The highest BCUT2D eigenvalue weighted by Crippen LogP contribution is 2.16. The van der Waals surface area contributed by atoms with Gasteiger partial charge in [-0.15, -0.1) is 0 Å². The van der Waals surface area contributed by atoms with Gasteiger partial charge in [0.25, 0.3) is 0 Å². The summed E-state index contributed by atoms with van der Waals surface area (Å²) in [6.45, 7) is 4.31. The van der Waals surface area contributed by atoms with Gasteiger partial charge in [0.05, 0.1) is 18.8 Å². The summed E-state index contributed by atoms with van der Waals surface area (Å²) in [5, 5.41) is 23.2. The Kier molecular flexibility index (Phi) is 54.8. The average molecular weight is 909 g/mol. The molecule has 4 heteroatoms. The van der Waals surface area contributed by atoms with Crippen molar-refractivity contribution in [2.75, 3.05) is 6.61 Å². The highest BCUT2D eigenvalue weighted by molar-refractivity contribution is 5.76. The zero-order valence-electron chi connectivity index (χ0n) is 43.8. The highest BCUT2D eigenvalue weighted by Gasteiger charge is 2.18. The number of rotatable bonds is 53. The standard InChI is InChI=1S/C61H113NO3/c1-3-5-7-9-11-13-15-17-19-21-23-25-27-29-30-31-33-34-36-38-40-42-44-46-48-50-52-54-56-60(64)59(58-63)62-61(65)57-55-53-51-49-47-45-43-41-39-37-35-32-28-26-24-22-20-18-16-14-12-10-8-6-4-2/h16,18,22,24,38,40,46,48,54,56,59-60,63-64H,3-15,17,19-21,23,25-37,39,41-45,47,49-53,55,57-58H2,1-2H3,(H,62,65)/b18-16-,24-22-,40-38+,48-46+,56-54+. The third-order valence-corrected chi connectivity index (χ3v) is 13.2. The van der Waals surface area contributed by atoms with Crippen LogP contribution in [0, 0.1) is 0 Å². The number of hydrogen-bond acceptors (Lipinski definition) is 3. The minimum atomic E-state index is -0.873. The minimum absolute atomic E-state index is 0.0770. The van der Waals surface area contributed by atoms with Crippen LogP contribution < -0.4 is 5.32 Å². The summed E-state index contributed by atoms with van der Waals surface area (Å²) in [7, 11) is 0. The van der Waals surface area contributed by atoms with Crippen LogP contribution in [0.1, 0.15) is 303 Å². The third kappa shape index (κ3) is 52.9. The van der Waals surface area contributed by atoms with Crippen molar-refractivity contribution in [1.29, 1.82) is 0 Å². The quantitative estimate of drug-likeness (QED) is 0.0421. The van der Waals surface area contributed by atoms with Gasteiger partial charge in [0.1, 0.15) is 0 Å². The molecule has 380 valence electrons. The van der Waals surface area contributed by atoms with Gasteiger partial charge in [0.2, 0.25) is 5.91 Å². The van der Waals surface area contributed by atoms with Gasteiger partial charge in [-0.05, 0) is 77.0 Å². The van der Waals surface area contributed by atoms with Crippen molar-refractivity contribution in [1.82, 2.24) is 5.32 Å². The topological polar surface area (TPSA) is 69.6 Å². The van der Waals surface area contributed by atoms with E-state index in [0.29, 0.717) is 6.42 Å². The lowest BCUT2D eigenvalue weighted by Crippen LogP contribution is -2.45. The number of aliphatic hydroxyl groups is 2. The maximum atomic E-state index is 12.5. The molecule has 1 amide bonds. The van der Waals surface area contributed by atoms with Crippen molar-refractivity contribution in [3.63, 3.8) is 0 Å². The molecule has 0 aromatic rings. The second-order valence-electron chi connectivity index (χ2n) is 19.7. The summed E-state index contributed by atoms with van der Waals surface area (Å²) in [6.07, 6.45) is 79.6. The normalized spacial score (nSPS) is 13.2. The molecule has 4 nitrogen and oxygen atoms in total. The monoisotopic (exact) mass is 908 g/mol. The lowest BCUT2D eigenvalue weighted by molar-refractivity contribution is -0.123. The third-order valence-electron chi connectivity index (χ3n) is 13.2. The van der Waals surface area contributed by atoms with E-state index in [-0.39, 0.29) is 12.5 Å². The van der Waals surface area contributed by atoms with Gasteiger partial charge in [-0.2, -0.15) is 0 Å². The van der Waals surface area contributed by atoms with Gasteiger partial charge in [-0.1, -0.05) is 280 Å². The van der Waals surface area contributed by atoms with Crippen LogP contribution in [0.3, 0.4) is 0 Å². The lowest BCUT2D eigenvalue weighted by atomic mass is 10.0. The van der Waals surface area contributed by atoms with Crippen molar-refractivity contribution in [2.24, 2.45) is 0 Å². The fourth-order valence-electron chi connectivity index (χ4n) is 8.77. The molecule has 0 bridgehead atoms. The molecule has 0 saturated heterocycles. The van der Waals surface area contributed by atoms with E-state index in [9.17, 15) is 15.0 Å². The van der Waals surface area contributed by atoms with E-state index in [2.05, 4.69) is 67.8 Å². The van der Waals surface area contributed by atoms with Crippen LogP contribution in [0.15, 0.2) is 60.8 Å². The van der Waals surface area contributed by atoms with E-state index < -0.39 is 12.1 Å². The molecular weight excluding hydrogens is 795 g/mol. The van der Waals surface area contributed by atoms with Gasteiger partial charge in [0.15, 0.2) is 0 Å². The number of nitrogens with one attached hydrogen (secondary N) is 1. The van der Waals surface area contributed by atoms with Crippen LogP contribution in [0.4, 0.5) is 0 Å². The molecule has 3 N–H and O–H groups in total. The Labute approximate surface area is 406 Å². The second-order valence-corrected chi connectivity index (χ2v) is 19.7. The van der Waals surface area contributed by atoms with Crippen molar-refractivity contribution < 1.29 is 15.0 Å². The van der Waals surface area contributed by atoms with Gasteiger partial charge < -0.3 is 15.5 Å². The van der Waals surface area contributed by atoms with E-state index in [1.54, 1.807) is 6.08 Å². The van der Waals surface area contributed by atoms with Gasteiger partial charge in [0, 0.05) is 6.42 Å². The molecule has 2 atom stereocenters. The molecule has 0 spiro atoms. The smallest absolute Gasteiger partial charge is 0.220 e. The molecule has 0 radical (unpaired) electrons. The van der Waals surface area contributed by atoms with Crippen LogP contribution in [0.2, 0.25) is 0 Å². The predicted octanol–water partition coefficient (Wildman–Crippen LogP) is 19.2. The SMILES string of the molecule is CCCCCCC/C=C\C/C=C\CCCCCCCCCCCCCCCC(=O)NC(CO)C(O)/C=C/CC/C=C/CC/C=C/CCCCCCCCCCCCCCCCCCCC. The Hall–Kier alpha value is -1.91. The molecule has 0 heterocycles. The Morgan fingerprint density at radius 1 is 0.369 bits per heavy atom. The fraction of sp³-hybridized carbons (Fsp3) is 0.820. The van der Waals surface area contributed by atoms with Crippen LogP contribution in [0.25, 0.3) is 0 Å². The van der Waals surface area contributed by atoms with Gasteiger partial charge in [-0.3, -0.25) is 4.79 Å². The zero-order chi connectivity index (χ0) is 47.0. The molecule has 0 aliphatic rings. The second kappa shape index (κ2) is 56.4. The molecule has 0 aromatic heterocycles. The molecule has 0 fully saturated rings. The van der Waals surface area contributed by atoms with Crippen LogP contribution >= 0.6 is 0 Å². The Balaban J connectivity index is 3.56. The number of carbonyl (C=O) groups excluding carboxylic acids is 1. The first-order chi connectivity index (χ1) is 32.2. The van der Waals surface area contributed by atoms with Crippen LogP contribution in [-0.2, 0) is 4.79 Å². The van der Waals surface area contributed by atoms with Crippen molar-refractivity contribution in [2.45, 2.75) is 315 Å². The van der Waals surface area contributed by atoms with Crippen LogP contribution in [-0.4, -0.2) is 34.9 Å². The number of carbonyl (C=O) groups is 1. The number of allylic oxidation sites excluding steroid dienone is 9. The summed E-state index contributed by atoms with van der Waals surface area (Å²) < 4.78 is 0. The molecule has 0 aromatic carbocycles. The number of unbranched alkanes of at least 4 members (excludes halogenated alkanes) is 38. The Bertz CT molecular complexity index is 1070. The summed E-state index contributed by atoms with van der Waals surface area (Å²) >= 11 is 0. The highest BCUT2D eigenvalue weighted by atomic mass is 16.3. The minimum Gasteiger partial charge on any atom is -0.394 e. The largest absolute Gasteiger partial charge is 0.394 e. The first kappa shape index (κ1) is 63.1. The first-order valence-corrected chi connectivity index (χ1v) is 29.0. The van der Waals surface area contributed by atoms with E-state index in [1.807, 2.05) is 6.08 Å². The average Bonchev–Trinajstić information content (AvgIpc) is 3.31. The van der Waals surface area contributed by atoms with Gasteiger partial charge in [-0.25, -0.2) is 0 Å². The molecular formula is C61H113NO3. The molecule has 0 rings (SSSR count). The summed E-state index contributed by atoms with van der Waals surface area (Å²) in [4.78, 5) is 12.5. The van der Waals surface area contributed by atoms with Crippen LogP contribution in [0.5, 0.6) is 0 Å². The first-order valence-electron chi connectivity index (χ1n) is 29.0.